The van der Waals surface area contributed by atoms with Gasteiger partial charge in [-0.05, 0) is 62.4 Å². The molecule has 26 heavy (non-hydrogen) atoms. The summed E-state index contributed by atoms with van der Waals surface area (Å²) in [5, 5.41) is 7.95. The highest BCUT2D eigenvalue weighted by Gasteiger charge is 2.04. The third-order valence-corrected chi connectivity index (χ3v) is 3.41. The summed E-state index contributed by atoms with van der Waals surface area (Å²) in [5.74, 6) is 2.53. The summed E-state index contributed by atoms with van der Waals surface area (Å²) >= 11 is 0. The van der Waals surface area contributed by atoms with Crippen molar-refractivity contribution in [2.75, 3.05) is 5.43 Å². The van der Waals surface area contributed by atoms with Crippen molar-refractivity contribution in [3.05, 3.63) is 77.1 Å². The third-order valence-electron chi connectivity index (χ3n) is 3.41. The number of hydrogen-bond donors (Lipinski definition) is 2. The highest BCUT2D eigenvalue weighted by Crippen LogP contribution is 2.10. The molecule has 2 heterocycles. The Bertz CT molecular complexity index is 936. The number of nitrogens with zero attached hydrogens (tertiary/aromatic N) is 2. The highest BCUT2D eigenvalue weighted by molar-refractivity contribution is 5.95. The maximum Gasteiger partial charge on any atom is 0.271 e. The van der Waals surface area contributed by atoms with Gasteiger partial charge in [0, 0.05) is 5.56 Å². The molecule has 0 saturated heterocycles. The molecule has 1 amide bonds. The summed E-state index contributed by atoms with van der Waals surface area (Å²) in [4.78, 5) is 12.0. The van der Waals surface area contributed by atoms with Crippen LogP contribution < -0.4 is 10.9 Å². The lowest BCUT2D eigenvalue weighted by Crippen LogP contribution is -2.17. The van der Waals surface area contributed by atoms with Gasteiger partial charge >= 0.3 is 0 Å². The van der Waals surface area contributed by atoms with Gasteiger partial charge in [0.25, 0.3) is 5.91 Å². The molecular weight excluding hydrogens is 332 g/mol. The van der Waals surface area contributed by atoms with Gasteiger partial charge in [-0.3, -0.25) is 10.2 Å². The fourth-order valence-electron chi connectivity index (χ4n) is 2.13. The SMILES string of the molecule is Cc1ccc(/C=N\NC(=O)c2ccc(N/N=C\c3ccc(C)o3)cc2)o1. The standard InChI is InChI=1S/C19H18N4O3/c1-13-3-9-17(25-13)11-20-22-16-7-5-15(6-8-16)19(24)23-21-12-18-10-4-14(2)26-18/h3-12,22H,1-2H3,(H,23,24)/b20-11-,21-12-. The number of rotatable bonds is 6. The molecule has 7 nitrogen and oxygen atoms in total. The lowest BCUT2D eigenvalue weighted by Gasteiger charge is -2.02. The summed E-state index contributed by atoms with van der Waals surface area (Å²) in [7, 11) is 0. The van der Waals surface area contributed by atoms with Crippen LogP contribution >= 0.6 is 0 Å². The van der Waals surface area contributed by atoms with Crippen LogP contribution in [0, 0.1) is 13.8 Å². The number of aryl methyl sites for hydroxylation is 2. The number of hydrazone groups is 2. The first-order valence-electron chi connectivity index (χ1n) is 7.95. The summed E-state index contributed by atoms with van der Waals surface area (Å²) < 4.78 is 10.7. The van der Waals surface area contributed by atoms with Gasteiger partial charge in [0.05, 0.1) is 18.1 Å². The van der Waals surface area contributed by atoms with Crippen LogP contribution in [0.3, 0.4) is 0 Å². The molecule has 0 spiro atoms. The Balaban J connectivity index is 1.52. The normalized spacial score (nSPS) is 11.3. The van der Waals surface area contributed by atoms with Crippen LogP contribution in [0.4, 0.5) is 5.69 Å². The van der Waals surface area contributed by atoms with E-state index in [9.17, 15) is 4.79 Å². The zero-order valence-corrected chi connectivity index (χ0v) is 14.4. The molecule has 0 aliphatic rings. The Hall–Kier alpha value is -3.61. The molecule has 2 N–H and O–H groups in total. The number of nitrogens with one attached hydrogen (secondary N) is 2. The quantitative estimate of drug-likeness (QED) is 0.524. The third kappa shape index (κ3) is 4.70. The van der Waals surface area contributed by atoms with Crippen molar-refractivity contribution in [1.29, 1.82) is 0 Å². The molecule has 0 fully saturated rings. The van der Waals surface area contributed by atoms with E-state index in [2.05, 4.69) is 21.1 Å². The average molecular weight is 350 g/mol. The molecular formula is C19H18N4O3. The molecule has 132 valence electrons. The lowest BCUT2D eigenvalue weighted by atomic mass is 10.2. The summed E-state index contributed by atoms with van der Waals surface area (Å²) in [6, 6.07) is 14.1. The van der Waals surface area contributed by atoms with E-state index in [0.717, 1.165) is 17.2 Å². The van der Waals surface area contributed by atoms with Gasteiger partial charge in [-0.15, -0.1) is 0 Å². The zero-order chi connectivity index (χ0) is 18.4. The van der Waals surface area contributed by atoms with Gasteiger partial charge < -0.3 is 8.83 Å². The molecule has 2 aromatic heterocycles. The van der Waals surface area contributed by atoms with Crippen molar-refractivity contribution < 1.29 is 13.6 Å². The fourth-order valence-corrected chi connectivity index (χ4v) is 2.13. The number of hydrogen-bond acceptors (Lipinski definition) is 6. The van der Waals surface area contributed by atoms with E-state index >= 15 is 0 Å². The van der Waals surface area contributed by atoms with Crippen LogP contribution in [0.25, 0.3) is 0 Å². The van der Waals surface area contributed by atoms with E-state index in [4.69, 9.17) is 8.83 Å². The van der Waals surface area contributed by atoms with Gasteiger partial charge in [0.15, 0.2) is 0 Å². The second kappa shape index (κ2) is 7.98. The minimum atomic E-state index is -0.314. The predicted molar refractivity (Wildman–Crippen MR) is 99.6 cm³/mol. The Kier molecular flexibility index (Phi) is 5.28. The number of carbonyl (C=O) groups is 1. The first-order valence-corrected chi connectivity index (χ1v) is 7.95. The Morgan fingerprint density at radius 1 is 0.846 bits per heavy atom. The zero-order valence-electron chi connectivity index (χ0n) is 14.4. The summed E-state index contributed by atoms with van der Waals surface area (Å²) in [6.45, 7) is 3.71. The van der Waals surface area contributed by atoms with Crippen molar-refractivity contribution in [2.24, 2.45) is 10.2 Å². The lowest BCUT2D eigenvalue weighted by molar-refractivity contribution is 0.0955. The van der Waals surface area contributed by atoms with Gasteiger partial charge in [-0.25, -0.2) is 5.43 Å². The predicted octanol–water partition coefficient (Wildman–Crippen LogP) is 3.70. The smallest absolute Gasteiger partial charge is 0.271 e. The molecule has 0 saturated carbocycles. The van der Waals surface area contributed by atoms with Crippen LogP contribution in [0.1, 0.15) is 33.4 Å². The van der Waals surface area contributed by atoms with E-state index in [1.165, 1.54) is 6.21 Å². The van der Waals surface area contributed by atoms with Gasteiger partial charge in [-0.2, -0.15) is 10.2 Å². The van der Waals surface area contributed by atoms with Crippen molar-refractivity contribution in [3.63, 3.8) is 0 Å². The van der Waals surface area contributed by atoms with Gasteiger partial charge in [0.2, 0.25) is 0 Å². The molecule has 0 unspecified atom stereocenters. The van der Waals surface area contributed by atoms with Crippen LogP contribution in [-0.4, -0.2) is 18.3 Å². The molecule has 0 aliphatic carbocycles. The van der Waals surface area contributed by atoms with Crippen LogP contribution in [0.2, 0.25) is 0 Å². The maximum absolute atomic E-state index is 12.0. The average Bonchev–Trinajstić information content (AvgIpc) is 3.23. The monoisotopic (exact) mass is 350 g/mol. The second-order valence-corrected chi connectivity index (χ2v) is 5.54. The number of anilines is 1. The molecule has 3 rings (SSSR count). The second-order valence-electron chi connectivity index (χ2n) is 5.54. The van der Waals surface area contributed by atoms with Crippen molar-refractivity contribution >= 4 is 24.0 Å². The van der Waals surface area contributed by atoms with Crippen LogP contribution in [0.15, 0.2) is 67.6 Å². The number of amides is 1. The summed E-state index contributed by atoms with van der Waals surface area (Å²) in [5.41, 5.74) is 6.55. The topological polar surface area (TPSA) is 92.1 Å². The number of carbonyl (C=O) groups excluding carboxylic acids is 1. The Morgan fingerprint density at radius 3 is 1.96 bits per heavy atom. The highest BCUT2D eigenvalue weighted by atomic mass is 16.3. The Morgan fingerprint density at radius 2 is 1.42 bits per heavy atom. The van der Waals surface area contributed by atoms with Crippen molar-refractivity contribution in [2.45, 2.75) is 13.8 Å². The molecule has 0 atom stereocenters. The molecule has 0 aliphatic heterocycles. The van der Waals surface area contributed by atoms with Crippen molar-refractivity contribution in [3.8, 4) is 0 Å². The molecule has 7 heteroatoms. The minimum Gasteiger partial charge on any atom is -0.460 e. The Labute approximate surface area is 150 Å². The van der Waals surface area contributed by atoms with E-state index in [1.54, 1.807) is 36.5 Å². The van der Waals surface area contributed by atoms with E-state index < -0.39 is 0 Å². The van der Waals surface area contributed by atoms with E-state index in [-0.39, 0.29) is 5.91 Å². The number of benzene rings is 1. The van der Waals surface area contributed by atoms with Crippen molar-refractivity contribution in [1.82, 2.24) is 5.43 Å². The summed E-state index contributed by atoms with van der Waals surface area (Å²) in [6.07, 6.45) is 3.03. The largest absolute Gasteiger partial charge is 0.460 e. The number of furan rings is 2. The van der Waals surface area contributed by atoms with E-state index in [1.807, 2.05) is 32.0 Å². The molecule has 0 radical (unpaired) electrons. The first kappa shape index (κ1) is 17.2. The van der Waals surface area contributed by atoms with Gasteiger partial charge in [0.1, 0.15) is 23.0 Å². The fraction of sp³-hybridized carbons (Fsp3) is 0.105. The molecule has 0 bridgehead atoms. The van der Waals surface area contributed by atoms with Crippen LogP contribution in [0.5, 0.6) is 0 Å². The van der Waals surface area contributed by atoms with Crippen LogP contribution in [-0.2, 0) is 0 Å². The van der Waals surface area contributed by atoms with E-state index in [0.29, 0.717) is 17.1 Å². The van der Waals surface area contributed by atoms with Gasteiger partial charge in [-0.1, -0.05) is 0 Å². The molecule has 3 aromatic rings. The molecule has 1 aromatic carbocycles. The minimum absolute atomic E-state index is 0.314. The first-order chi connectivity index (χ1) is 12.6. The maximum atomic E-state index is 12.0.